The number of thioether (sulfide) groups is 1. The number of hydrogen-bond acceptors (Lipinski definition) is 3. The van der Waals surface area contributed by atoms with Gasteiger partial charge in [-0.2, -0.15) is 11.8 Å². The molecule has 0 amide bonds. The topological polar surface area (TPSA) is 29.9 Å². The van der Waals surface area contributed by atoms with Crippen LogP contribution in [0.1, 0.15) is 31.6 Å². The molecule has 1 heterocycles. The molecule has 0 bridgehead atoms. The third-order valence-electron chi connectivity index (χ3n) is 2.49. The van der Waals surface area contributed by atoms with Gasteiger partial charge < -0.3 is 9.88 Å². The van der Waals surface area contributed by atoms with E-state index in [0.717, 1.165) is 18.8 Å². The van der Waals surface area contributed by atoms with Gasteiger partial charge in [0.1, 0.15) is 5.82 Å². The van der Waals surface area contributed by atoms with Gasteiger partial charge in [-0.25, -0.2) is 4.98 Å². The van der Waals surface area contributed by atoms with Crippen molar-refractivity contribution in [1.29, 1.82) is 0 Å². The zero-order valence-corrected chi connectivity index (χ0v) is 10.7. The lowest BCUT2D eigenvalue weighted by molar-refractivity contribution is 0.483. The van der Waals surface area contributed by atoms with Crippen LogP contribution in [0.5, 0.6) is 0 Å². The van der Waals surface area contributed by atoms with Crippen LogP contribution in [-0.2, 0) is 7.05 Å². The summed E-state index contributed by atoms with van der Waals surface area (Å²) in [5, 5.41) is 3.55. The van der Waals surface area contributed by atoms with Crippen LogP contribution < -0.4 is 5.32 Å². The predicted molar refractivity (Wildman–Crippen MR) is 67.2 cm³/mol. The molecule has 1 aromatic heterocycles. The number of aryl methyl sites for hydroxylation is 1. The Morgan fingerprint density at radius 1 is 1.60 bits per heavy atom. The van der Waals surface area contributed by atoms with Crippen molar-refractivity contribution in [3.63, 3.8) is 0 Å². The summed E-state index contributed by atoms with van der Waals surface area (Å²) < 4.78 is 2.09. The van der Waals surface area contributed by atoms with E-state index >= 15 is 0 Å². The summed E-state index contributed by atoms with van der Waals surface area (Å²) >= 11 is 1.90. The molecule has 0 saturated carbocycles. The summed E-state index contributed by atoms with van der Waals surface area (Å²) in [6.07, 6.45) is 8.32. The summed E-state index contributed by atoms with van der Waals surface area (Å²) in [7, 11) is 2.05. The van der Waals surface area contributed by atoms with Crippen LogP contribution in [0.25, 0.3) is 0 Å². The van der Waals surface area contributed by atoms with Gasteiger partial charge in [0.25, 0.3) is 0 Å². The largest absolute Gasteiger partial charge is 0.337 e. The molecule has 0 aliphatic carbocycles. The molecule has 0 fully saturated rings. The van der Waals surface area contributed by atoms with Gasteiger partial charge in [-0.1, -0.05) is 6.92 Å². The van der Waals surface area contributed by atoms with E-state index in [9.17, 15) is 0 Å². The summed E-state index contributed by atoms with van der Waals surface area (Å²) in [5.74, 6) is 2.37. The van der Waals surface area contributed by atoms with Crippen molar-refractivity contribution in [3.8, 4) is 0 Å². The van der Waals surface area contributed by atoms with Crippen molar-refractivity contribution < 1.29 is 0 Å². The van der Waals surface area contributed by atoms with Crippen molar-refractivity contribution in [2.75, 3.05) is 18.6 Å². The first-order chi connectivity index (χ1) is 7.29. The minimum Gasteiger partial charge on any atom is -0.337 e. The number of nitrogens with zero attached hydrogens (tertiary/aromatic N) is 2. The predicted octanol–water partition coefficient (Wildman–Crippen LogP) is 2.21. The average Bonchev–Trinajstić information content (AvgIpc) is 2.65. The highest BCUT2D eigenvalue weighted by Crippen LogP contribution is 2.13. The highest BCUT2D eigenvalue weighted by molar-refractivity contribution is 7.98. The molecule has 1 atom stereocenters. The highest BCUT2D eigenvalue weighted by Gasteiger charge is 2.12. The second-order valence-corrected chi connectivity index (χ2v) is 4.64. The molecule has 15 heavy (non-hydrogen) atoms. The normalized spacial score (nSPS) is 13.0. The minimum atomic E-state index is 0.395. The Kier molecular flexibility index (Phi) is 5.79. The van der Waals surface area contributed by atoms with Gasteiger partial charge in [-0.05, 0) is 31.4 Å². The van der Waals surface area contributed by atoms with Crippen molar-refractivity contribution in [1.82, 2.24) is 14.9 Å². The zero-order chi connectivity index (χ0) is 11.1. The molecule has 4 heteroatoms. The molecule has 3 nitrogen and oxygen atoms in total. The number of nitrogens with one attached hydrogen (secondary N) is 1. The third kappa shape index (κ3) is 3.87. The van der Waals surface area contributed by atoms with E-state index < -0.39 is 0 Å². The van der Waals surface area contributed by atoms with Crippen molar-refractivity contribution >= 4 is 11.8 Å². The van der Waals surface area contributed by atoms with Gasteiger partial charge in [0.05, 0.1) is 6.04 Å². The first-order valence-corrected chi connectivity index (χ1v) is 6.88. The molecule has 0 spiro atoms. The molecule has 0 aromatic carbocycles. The van der Waals surface area contributed by atoms with Gasteiger partial charge in [0.15, 0.2) is 0 Å². The molecule has 0 radical (unpaired) electrons. The van der Waals surface area contributed by atoms with E-state index in [2.05, 4.69) is 35.1 Å². The first-order valence-electron chi connectivity index (χ1n) is 5.49. The Bertz CT molecular complexity index is 273. The molecule has 1 rings (SSSR count). The summed E-state index contributed by atoms with van der Waals surface area (Å²) in [4.78, 5) is 4.38. The lowest BCUT2D eigenvalue weighted by Gasteiger charge is -2.16. The van der Waals surface area contributed by atoms with Crippen LogP contribution in [0, 0.1) is 0 Å². The molecule has 0 aliphatic rings. The lowest BCUT2D eigenvalue weighted by atomic mass is 10.2. The number of rotatable bonds is 7. The Labute approximate surface area is 96.7 Å². The van der Waals surface area contributed by atoms with E-state index in [1.807, 2.05) is 24.2 Å². The maximum absolute atomic E-state index is 4.38. The van der Waals surface area contributed by atoms with Crippen LogP contribution >= 0.6 is 11.8 Å². The highest BCUT2D eigenvalue weighted by atomic mass is 32.2. The number of hydrogen-bond donors (Lipinski definition) is 1. The maximum Gasteiger partial charge on any atom is 0.125 e. The quantitative estimate of drug-likeness (QED) is 0.724. The van der Waals surface area contributed by atoms with Crippen LogP contribution in [0.2, 0.25) is 0 Å². The van der Waals surface area contributed by atoms with Crippen molar-refractivity contribution in [2.24, 2.45) is 7.05 Å². The van der Waals surface area contributed by atoms with E-state index in [1.54, 1.807) is 0 Å². The molecule has 86 valence electrons. The fraction of sp³-hybridized carbons (Fsp3) is 0.727. The monoisotopic (exact) mass is 227 g/mol. The van der Waals surface area contributed by atoms with Gasteiger partial charge in [0.2, 0.25) is 0 Å². The fourth-order valence-corrected chi connectivity index (χ4v) is 2.06. The van der Waals surface area contributed by atoms with Gasteiger partial charge in [0, 0.05) is 19.4 Å². The fourth-order valence-electron chi connectivity index (χ4n) is 1.62. The van der Waals surface area contributed by atoms with Crippen molar-refractivity contribution in [2.45, 2.75) is 25.8 Å². The summed E-state index contributed by atoms with van der Waals surface area (Å²) in [5.41, 5.74) is 0. The second kappa shape index (κ2) is 6.90. The Morgan fingerprint density at radius 2 is 2.40 bits per heavy atom. The van der Waals surface area contributed by atoms with E-state index in [4.69, 9.17) is 0 Å². The van der Waals surface area contributed by atoms with E-state index in [-0.39, 0.29) is 0 Å². The third-order valence-corrected chi connectivity index (χ3v) is 3.19. The van der Waals surface area contributed by atoms with E-state index in [1.165, 1.54) is 12.2 Å². The van der Waals surface area contributed by atoms with Crippen LogP contribution in [0.15, 0.2) is 12.4 Å². The van der Waals surface area contributed by atoms with Crippen LogP contribution in [0.3, 0.4) is 0 Å². The molecular formula is C11H21N3S. The molecule has 0 saturated heterocycles. The van der Waals surface area contributed by atoms with Crippen molar-refractivity contribution in [3.05, 3.63) is 18.2 Å². The first kappa shape index (κ1) is 12.6. The summed E-state index contributed by atoms with van der Waals surface area (Å²) in [6, 6.07) is 0.395. The molecule has 1 N–H and O–H groups in total. The standard InChI is InChI=1S/C11H21N3S/c1-4-10(12-6-5-9-15-3)11-13-7-8-14(11)2/h7-8,10,12H,4-6,9H2,1-3H3. The number of imidazole rings is 1. The molecular weight excluding hydrogens is 206 g/mol. The SMILES string of the molecule is CCC(NCCCSC)c1nccn1C. The van der Waals surface area contributed by atoms with Gasteiger partial charge in [-0.3, -0.25) is 0 Å². The van der Waals surface area contributed by atoms with Crippen LogP contribution in [-0.4, -0.2) is 28.1 Å². The molecule has 0 aliphatic heterocycles. The smallest absolute Gasteiger partial charge is 0.125 e. The lowest BCUT2D eigenvalue weighted by Crippen LogP contribution is -2.24. The maximum atomic E-state index is 4.38. The molecule has 1 aromatic rings. The van der Waals surface area contributed by atoms with E-state index in [0.29, 0.717) is 6.04 Å². The number of aromatic nitrogens is 2. The van der Waals surface area contributed by atoms with Gasteiger partial charge >= 0.3 is 0 Å². The average molecular weight is 227 g/mol. The van der Waals surface area contributed by atoms with Crippen LogP contribution in [0.4, 0.5) is 0 Å². The molecule has 1 unspecified atom stereocenters. The Balaban J connectivity index is 2.39. The zero-order valence-electron chi connectivity index (χ0n) is 9.86. The Morgan fingerprint density at radius 3 is 2.93 bits per heavy atom. The summed E-state index contributed by atoms with van der Waals surface area (Å²) in [6.45, 7) is 3.27. The second-order valence-electron chi connectivity index (χ2n) is 3.66. The minimum absolute atomic E-state index is 0.395. The van der Waals surface area contributed by atoms with Gasteiger partial charge in [-0.15, -0.1) is 0 Å². The Hall–Kier alpha value is -0.480.